The van der Waals surface area contributed by atoms with Gasteiger partial charge >= 0.3 is 0 Å². The van der Waals surface area contributed by atoms with Crippen molar-refractivity contribution < 1.29 is 9.18 Å². The van der Waals surface area contributed by atoms with Crippen LogP contribution in [-0.4, -0.2) is 15.6 Å². The number of benzene rings is 3. The Kier molecular flexibility index (Phi) is 4.64. The maximum atomic E-state index is 13.5. The van der Waals surface area contributed by atoms with Gasteiger partial charge in [-0.2, -0.15) is 0 Å². The Morgan fingerprint density at radius 1 is 0.867 bits per heavy atom. The van der Waals surface area contributed by atoms with Crippen molar-refractivity contribution in [1.29, 1.82) is 0 Å². The van der Waals surface area contributed by atoms with Crippen LogP contribution in [-0.2, 0) is 6.42 Å². The molecule has 0 bridgehead atoms. The number of halogens is 1. The van der Waals surface area contributed by atoms with Crippen LogP contribution in [0.4, 0.5) is 15.9 Å². The first-order valence-corrected chi connectivity index (χ1v) is 9.97. The highest BCUT2D eigenvalue weighted by molar-refractivity contribution is 6.03. The van der Waals surface area contributed by atoms with Crippen LogP contribution < -0.4 is 5.32 Å². The van der Waals surface area contributed by atoms with Gasteiger partial charge in [0.1, 0.15) is 5.82 Å². The molecular weight excluding hydrogens is 377 g/mol. The number of hydrogen-bond donors (Lipinski definition) is 1. The number of fused-ring (bicyclic) bond motifs is 1. The quantitative estimate of drug-likeness (QED) is 0.483. The standard InChI is InChI=1S/C25H20FN3O/c26-19-11-13-21(14-12-19)29-22-15-18(17-7-3-1-4-8-17)16-23(30)24(22)25(28-29)27-20-9-5-2-6-10-20/h1-14,18H,15-16H2,(H,27,28)/t18-/m1/s1. The topological polar surface area (TPSA) is 46.9 Å². The van der Waals surface area contributed by atoms with Gasteiger partial charge in [-0.1, -0.05) is 48.5 Å². The fourth-order valence-corrected chi connectivity index (χ4v) is 4.07. The van der Waals surface area contributed by atoms with Gasteiger partial charge in [0.15, 0.2) is 11.6 Å². The molecule has 1 aromatic heterocycles. The lowest BCUT2D eigenvalue weighted by Crippen LogP contribution is -2.20. The van der Waals surface area contributed by atoms with Crippen LogP contribution in [0.15, 0.2) is 84.9 Å². The van der Waals surface area contributed by atoms with Crippen LogP contribution in [0.5, 0.6) is 0 Å². The third-order valence-corrected chi connectivity index (χ3v) is 5.51. The van der Waals surface area contributed by atoms with Crippen LogP contribution in [0.3, 0.4) is 0 Å². The van der Waals surface area contributed by atoms with E-state index in [1.807, 2.05) is 48.5 Å². The number of anilines is 2. The number of ketones is 1. The minimum Gasteiger partial charge on any atom is -0.338 e. The molecule has 0 spiro atoms. The molecule has 4 aromatic rings. The number of Topliss-reactive ketones (excluding diaryl/α,β-unsaturated/α-hetero) is 1. The Morgan fingerprint density at radius 3 is 2.23 bits per heavy atom. The summed E-state index contributed by atoms with van der Waals surface area (Å²) in [6.07, 6.45) is 1.13. The van der Waals surface area contributed by atoms with Gasteiger partial charge in [0.2, 0.25) is 0 Å². The van der Waals surface area contributed by atoms with Gasteiger partial charge in [0, 0.05) is 12.1 Å². The van der Waals surface area contributed by atoms with Crippen LogP contribution in [0, 0.1) is 5.82 Å². The Balaban J connectivity index is 1.61. The molecule has 0 saturated carbocycles. The molecule has 1 N–H and O–H groups in total. The van der Waals surface area contributed by atoms with Gasteiger partial charge in [0.25, 0.3) is 0 Å². The molecule has 1 aliphatic rings. The molecule has 0 amide bonds. The summed E-state index contributed by atoms with van der Waals surface area (Å²) in [6, 6.07) is 25.9. The van der Waals surface area contributed by atoms with Crippen LogP contribution >= 0.6 is 0 Å². The van der Waals surface area contributed by atoms with Crippen LogP contribution in [0.25, 0.3) is 5.69 Å². The van der Waals surface area contributed by atoms with Crippen molar-refractivity contribution in [2.75, 3.05) is 5.32 Å². The van der Waals surface area contributed by atoms with E-state index in [1.54, 1.807) is 16.8 Å². The Hall–Kier alpha value is -3.73. The van der Waals surface area contributed by atoms with Crippen molar-refractivity contribution in [1.82, 2.24) is 9.78 Å². The number of carbonyl (C=O) groups excluding carboxylic acids is 1. The Morgan fingerprint density at radius 2 is 1.53 bits per heavy atom. The lowest BCUT2D eigenvalue weighted by Gasteiger charge is -2.23. The number of aromatic nitrogens is 2. The summed E-state index contributed by atoms with van der Waals surface area (Å²) in [5.74, 6) is 0.390. The van der Waals surface area contributed by atoms with Crippen molar-refractivity contribution in [2.45, 2.75) is 18.8 Å². The zero-order chi connectivity index (χ0) is 20.5. The molecule has 1 atom stereocenters. The highest BCUT2D eigenvalue weighted by Gasteiger charge is 2.33. The van der Waals surface area contributed by atoms with E-state index in [-0.39, 0.29) is 17.5 Å². The highest BCUT2D eigenvalue weighted by atomic mass is 19.1. The third-order valence-electron chi connectivity index (χ3n) is 5.51. The second-order valence-electron chi connectivity index (χ2n) is 7.49. The van der Waals surface area contributed by atoms with Crippen molar-refractivity contribution >= 4 is 17.3 Å². The molecule has 0 unspecified atom stereocenters. The largest absolute Gasteiger partial charge is 0.338 e. The predicted molar refractivity (Wildman–Crippen MR) is 115 cm³/mol. The number of nitrogens with one attached hydrogen (secondary N) is 1. The normalized spacial score (nSPS) is 15.6. The fourth-order valence-electron chi connectivity index (χ4n) is 4.07. The summed E-state index contributed by atoms with van der Waals surface area (Å²) in [5, 5.41) is 8.02. The molecule has 0 aliphatic heterocycles. The minimum atomic E-state index is -0.305. The first kappa shape index (κ1) is 18.3. The maximum absolute atomic E-state index is 13.5. The smallest absolute Gasteiger partial charge is 0.169 e. The molecule has 148 valence electrons. The molecule has 0 radical (unpaired) electrons. The Bertz CT molecular complexity index is 1180. The summed E-state index contributed by atoms with van der Waals surface area (Å²) in [7, 11) is 0. The molecule has 1 heterocycles. The average Bonchev–Trinajstić information content (AvgIpc) is 3.14. The van der Waals surface area contributed by atoms with Gasteiger partial charge in [-0.15, -0.1) is 5.10 Å². The van der Waals surface area contributed by atoms with E-state index < -0.39 is 0 Å². The summed E-state index contributed by atoms with van der Waals surface area (Å²) < 4.78 is 15.3. The molecule has 30 heavy (non-hydrogen) atoms. The molecule has 5 rings (SSSR count). The van der Waals surface area contributed by atoms with E-state index in [1.165, 1.54) is 12.1 Å². The lowest BCUT2D eigenvalue weighted by molar-refractivity contribution is 0.0964. The van der Waals surface area contributed by atoms with E-state index in [0.717, 1.165) is 22.6 Å². The zero-order valence-electron chi connectivity index (χ0n) is 16.3. The Labute approximate surface area is 174 Å². The summed E-state index contributed by atoms with van der Waals surface area (Å²) in [6.45, 7) is 0. The summed E-state index contributed by atoms with van der Waals surface area (Å²) in [4.78, 5) is 13.2. The lowest BCUT2D eigenvalue weighted by atomic mass is 9.82. The average molecular weight is 397 g/mol. The second-order valence-corrected chi connectivity index (χ2v) is 7.49. The molecule has 3 aromatic carbocycles. The zero-order valence-corrected chi connectivity index (χ0v) is 16.3. The number of hydrogen-bond acceptors (Lipinski definition) is 3. The first-order valence-electron chi connectivity index (χ1n) is 9.97. The minimum absolute atomic E-state index is 0.0666. The summed E-state index contributed by atoms with van der Waals surface area (Å²) >= 11 is 0. The van der Waals surface area contributed by atoms with Gasteiger partial charge in [0.05, 0.1) is 16.9 Å². The summed E-state index contributed by atoms with van der Waals surface area (Å²) in [5.41, 5.74) is 4.21. The van der Waals surface area contributed by atoms with Crippen molar-refractivity contribution in [3.05, 3.63) is 108 Å². The van der Waals surface area contributed by atoms with E-state index in [4.69, 9.17) is 5.10 Å². The van der Waals surface area contributed by atoms with E-state index >= 15 is 0 Å². The van der Waals surface area contributed by atoms with Crippen molar-refractivity contribution in [2.24, 2.45) is 0 Å². The van der Waals surface area contributed by atoms with Crippen molar-refractivity contribution in [3.63, 3.8) is 0 Å². The SMILES string of the molecule is O=C1C[C@H](c2ccccc2)Cc2c1c(Nc1ccccc1)nn2-c1ccc(F)cc1. The maximum Gasteiger partial charge on any atom is 0.169 e. The highest BCUT2D eigenvalue weighted by Crippen LogP contribution is 2.37. The monoisotopic (exact) mass is 397 g/mol. The van der Waals surface area contributed by atoms with E-state index in [0.29, 0.717) is 24.2 Å². The number of para-hydroxylation sites is 1. The number of rotatable bonds is 4. The van der Waals surface area contributed by atoms with Crippen LogP contribution in [0.1, 0.15) is 34.0 Å². The van der Waals surface area contributed by atoms with E-state index in [2.05, 4.69) is 17.4 Å². The third kappa shape index (κ3) is 3.39. The predicted octanol–water partition coefficient (Wildman–Crippen LogP) is 5.67. The second kappa shape index (κ2) is 7.59. The first-order chi connectivity index (χ1) is 14.7. The fraction of sp³-hybridized carbons (Fsp3) is 0.120. The molecule has 1 aliphatic carbocycles. The van der Waals surface area contributed by atoms with Gasteiger partial charge < -0.3 is 5.32 Å². The van der Waals surface area contributed by atoms with E-state index in [9.17, 15) is 9.18 Å². The number of nitrogens with zero attached hydrogens (tertiary/aromatic N) is 2. The van der Waals surface area contributed by atoms with Gasteiger partial charge in [-0.05, 0) is 54.3 Å². The van der Waals surface area contributed by atoms with Crippen LogP contribution in [0.2, 0.25) is 0 Å². The molecular formula is C25H20FN3O. The molecule has 4 nitrogen and oxygen atoms in total. The molecule has 5 heteroatoms. The van der Waals surface area contributed by atoms with Gasteiger partial charge in [-0.3, -0.25) is 4.79 Å². The molecule has 0 saturated heterocycles. The van der Waals surface area contributed by atoms with Crippen molar-refractivity contribution in [3.8, 4) is 5.69 Å². The van der Waals surface area contributed by atoms with Gasteiger partial charge in [-0.25, -0.2) is 9.07 Å². The number of carbonyl (C=O) groups is 1. The molecule has 0 fully saturated rings.